The second-order valence-corrected chi connectivity index (χ2v) is 6.31. The normalized spacial score (nSPS) is 18.1. The monoisotopic (exact) mass is 331 g/mol. The first kappa shape index (κ1) is 16.4. The van der Waals surface area contributed by atoms with Gasteiger partial charge in [-0.15, -0.1) is 0 Å². The number of hydrogen-bond donors (Lipinski definition) is 1. The summed E-state index contributed by atoms with van der Waals surface area (Å²) in [4.78, 5) is 27.6. The van der Waals surface area contributed by atoms with Gasteiger partial charge >= 0.3 is 5.63 Å². The van der Waals surface area contributed by atoms with Gasteiger partial charge in [0, 0.05) is 25.7 Å². The van der Waals surface area contributed by atoms with Crippen LogP contribution in [0.25, 0.3) is 0 Å². The number of H-pyrrole nitrogens is 1. The zero-order chi connectivity index (χ0) is 16.9. The van der Waals surface area contributed by atoms with E-state index in [9.17, 15) is 9.59 Å². The Bertz CT molecular complexity index is 725. The Hall–Kier alpha value is -2.41. The molecule has 1 aliphatic heterocycles. The van der Waals surface area contributed by atoms with E-state index < -0.39 is 5.63 Å². The molecule has 1 amide bonds. The Morgan fingerprint density at radius 2 is 2.21 bits per heavy atom. The SMILES string of the molecule is CN(Cc1ccccc1)[C@H]1CCCN(C(=O)C[n+]2cc(=O)o[nH]2)C1. The van der Waals surface area contributed by atoms with Gasteiger partial charge in [-0.05, 0) is 30.7 Å². The molecule has 1 aromatic carbocycles. The van der Waals surface area contributed by atoms with E-state index in [1.807, 2.05) is 23.1 Å². The van der Waals surface area contributed by atoms with Gasteiger partial charge in [0.25, 0.3) is 18.6 Å². The second-order valence-electron chi connectivity index (χ2n) is 6.31. The fourth-order valence-electron chi connectivity index (χ4n) is 3.15. The van der Waals surface area contributed by atoms with Gasteiger partial charge in [-0.1, -0.05) is 35.0 Å². The lowest BCUT2D eigenvalue weighted by Crippen LogP contribution is -2.52. The first-order valence-electron chi connectivity index (χ1n) is 8.22. The zero-order valence-electron chi connectivity index (χ0n) is 13.9. The van der Waals surface area contributed by atoms with Crippen LogP contribution in [-0.2, 0) is 17.9 Å². The number of carbonyl (C=O) groups is 1. The number of nitrogens with one attached hydrogen (secondary N) is 1. The van der Waals surface area contributed by atoms with E-state index in [0.29, 0.717) is 12.6 Å². The molecule has 1 N–H and O–H groups in total. The Morgan fingerprint density at radius 3 is 2.92 bits per heavy atom. The van der Waals surface area contributed by atoms with E-state index in [0.717, 1.165) is 25.9 Å². The third-order valence-corrected chi connectivity index (χ3v) is 4.48. The average Bonchev–Trinajstić information content (AvgIpc) is 3.00. The number of rotatable bonds is 5. The minimum atomic E-state index is -0.484. The highest BCUT2D eigenvalue weighted by atomic mass is 16.5. The van der Waals surface area contributed by atoms with Crippen LogP contribution in [0, 0.1) is 0 Å². The molecule has 0 spiro atoms. The van der Waals surface area contributed by atoms with Crippen molar-refractivity contribution in [2.24, 2.45) is 0 Å². The first-order chi connectivity index (χ1) is 11.6. The molecule has 1 fully saturated rings. The number of aromatic nitrogens is 2. The maximum Gasteiger partial charge on any atom is 0.426 e. The predicted octanol–water partition coefficient (Wildman–Crippen LogP) is 0.378. The molecule has 24 heavy (non-hydrogen) atoms. The topological polar surface area (TPSA) is 73.4 Å². The van der Waals surface area contributed by atoms with E-state index in [1.54, 1.807) is 0 Å². The molecule has 1 saturated heterocycles. The summed E-state index contributed by atoms with van der Waals surface area (Å²) in [6, 6.07) is 10.7. The Labute approximate surface area is 140 Å². The van der Waals surface area contributed by atoms with Crippen LogP contribution in [-0.4, -0.2) is 47.2 Å². The molecule has 128 valence electrons. The fraction of sp³-hybridized carbons (Fsp3) is 0.471. The molecule has 1 atom stereocenters. The average molecular weight is 331 g/mol. The quantitative estimate of drug-likeness (QED) is 0.804. The standard InChI is InChI=1S/C17H22N4O3/c1-19(10-14-6-3-2-4-7-14)15-8-5-9-20(11-15)16(22)12-21-13-17(23)24-18-21/h2-4,6-7,13,15H,5,8-12H2,1H3/p+1/t15-/m0/s1. The zero-order valence-corrected chi connectivity index (χ0v) is 13.9. The molecule has 7 heteroatoms. The lowest BCUT2D eigenvalue weighted by molar-refractivity contribution is -0.751. The summed E-state index contributed by atoms with van der Waals surface area (Å²) in [5, 5.41) is 2.41. The van der Waals surface area contributed by atoms with Crippen LogP contribution >= 0.6 is 0 Å². The van der Waals surface area contributed by atoms with Crippen molar-refractivity contribution in [2.45, 2.75) is 32.0 Å². The van der Waals surface area contributed by atoms with Crippen molar-refractivity contribution in [1.82, 2.24) is 15.1 Å². The van der Waals surface area contributed by atoms with Crippen LogP contribution in [0.3, 0.4) is 0 Å². The van der Waals surface area contributed by atoms with Crippen molar-refractivity contribution in [3.05, 3.63) is 52.5 Å². The number of amides is 1. The summed E-state index contributed by atoms with van der Waals surface area (Å²) in [7, 11) is 2.11. The fourth-order valence-corrected chi connectivity index (χ4v) is 3.15. The molecule has 0 bridgehead atoms. The highest BCUT2D eigenvalue weighted by Gasteiger charge is 2.28. The maximum atomic E-state index is 12.4. The smallest absolute Gasteiger partial charge is 0.336 e. The van der Waals surface area contributed by atoms with Crippen LogP contribution in [0.5, 0.6) is 0 Å². The lowest BCUT2D eigenvalue weighted by atomic mass is 10.0. The molecule has 0 unspecified atom stereocenters. The van der Waals surface area contributed by atoms with E-state index in [1.165, 1.54) is 16.4 Å². The largest absolute Gasteiger partial charge is 0.426 e. The summed E-state index contributed by atoms with van der Waals surface area (Å²) in [6.07, 6.45) is 3.33. The van der Waals surface area contributed by atoms with Crippen LogP contribution < -0.4 is 10.3 Å². The lowest BCUT2D eigenvalue weighted by Gasteiger charge is -2.37. The maximum absolute atomic E-state index is 12.4. The number of hydrogen-bond acceptors (Lipinski definition) is 4. The van der Waals surface area contributed by atoms with E-state index >= 15 is 0 Å². The minimum Gasteiger partial charge on any atom is -0.336 e. The molecule has 2 heterocycles. The number of benzene rings is 1. The molecule has 0 radical (unpaired) electrons. The van der Waals surface area contributed by atoms with Gasteiger partial charge in [-0.3, -0.25) is 14.2 Å². The van der Waals surface area contributed by atoms with Gasteiger partial charge in [0.05, 0.1) is 0 Å². The third-order valence-electron chi connectivity index (χ3n) is 4.48. The van der Waals surface area contributed by atoms with Gasteiger partial charge in [-0.25, -0.2) is 4.79 Å². The van der Waals surface area contributed by atoms with Gasteiger partial charge in [-0.2, -0.15) is 0 Å². The number of nitrogens with zero attached hydrogens (tertiary/aromatic N) is 3. The summed E-state index contributed by atoms with van der Waals surface area (Å²) in [5.74, 6) is -0.00476. The number of piperidine rings is 1. The number of carbonyl (C=O) groups excluding carboxylic acids is 1. The van der Waals surface area contributed by atoms with Gasteiger partial charge in [0.15, 0.2) is 0 Å². The summed E-state index contributed by atoms with van der Waals surface area (Å²) < 4.78 is 5.96. The third kappa shape index (κ3) is 4.11. The Kier molecular flexibility index (Phi) is 5.10. The van der Waals surface area contributed by atoms with Gasteiger partial charge < -0.3 is 4.90 Å². The molecule has 3 rings (SSSR count). The molecule has 2 aromatic rings. The molecular weight excluding hydrogens is 308 g/mol. The van der Waals surface area contributed by atoms with Crippen LogP contribution in [0.4, 0.5) is 0 Å². The van der Waals surface area contributed by atoms with E-state index in [-0.39, 0.29) is 12.5 Å². The molecule has 7 nitrogen and oxygen atoms in total. The van der Waals surface area contributed by atoms with E-state index in [2.05, 4.69) is 33.9 Å². The summed E-state index contributed by atoms with van der Waals surface area (Å²) in [5.41, 5.74) is 0.789. The highest BCUT2D eigenvalue weighted by molar-refractivity contribution is 5.74. The molecule has 0 aliphatic carbocycles. The highest BCUT2D eigenvalue weighted by Crippen LogP contribution is 2.17. The van der Waals surface area contributed by atoms with Crippen LogP contribution in [0.2, 0.25) is 0 Å². The van der Waals surface area contributed by atoms with Crippen LogP contribution in [0.15, 0.2) is 45.8 Å². The van der Waals surface area contributed by atoms with Gasteiger partial charge in [0.1, 0.15) is 0 Å². The number of likely N-dealkylation sites (N-methyl/N-ethyl adjacent to an activating group) is 1. The number of likely N-dealkylation sites (tertiary alicyclic amines) is 1. The van der Waals surface area contributed by atoms with Crippen molar-refractivity contribution >= 4 is 5.91 Å². The van der Waals surface area contributed by atoms with E-state index in [4.69, 9.17) is 0 Å². The second kappa shape index (κ2) is 7.44. The molecule has 1 aliphatic rings. The van der Waals surface area contributed by atoms with Gasteiger partial charge in [0.2, 0.25) is 0 Å². The summed E-state index contributed by atoms with van der Waals surface area (Å²) >= 11 is 0. The Balaban J connectivity index is 1.57. The first-order valence-corrected chi connectivity index (χ1v) is 8.22. The van der Waals surface area contributed by atoms with Crippen molar-refractivity contribution < 1.29 is 14.0 Å². The minimum absolute atomic E-state index is 0.00476. The van der Waals surface area contributed by atoms with Crippen molar-refractivity contribution in [3.63, 3.8) is 0 Å². The van der Waals surface area contributed by atoms with Crippen molar-refractivity contribution in [3.8, 4) is 0 Å². The van der Waals surface area contributed by atoms with Crippen LogP contribution in [0.1, 0.15) is 18.4 Å². The molecular formula is C17H23N4O3+. The molecule has 0 saturated carbocycles. The predicted molar refractivity (Wildman–Crippen MR) is 87.0 cm³/mol. The van der Waals surface area contributed by atoms with Crippen molar-refractivity contribution in [2.75, 3.05) is 20.1 Å². The molecule has 1 aromatic heterocycles. The van der Waals surface area contributed by atoms with Crippen molar-refractivity contribution in [1.29, 1.82) is 0 Å². The summed E-state index contributed by atoms with van der Waals surface area (Å²) in [6.45, 7) is 2.44. The number of aromatic amines is 1. The Morgan fingerprint density at radius 1 is 1.42 bits per heavy atom.